The van der Waals surface area contributed by atoms with Gasteiger partial charge in [-0.25, -0.2) is 4.39 Å². The maximum absolute atomic E-state index is 13.9. The molecule has 4 atom stereocenters. The van der Waals surface area contributed by atoms with Crippen molar-refractivity contribution in [3.05, 3.63) is 0 Å². The Morgan fingerprint density at radius 2 is 1.59 bits per heavy atom. The third kappa shape index (κ3) is 3.35. The van der Waals surface area contributed by atoms with Gasteiger partial charge in [0.2, 0.25) is 0 Å². The molecule has 0 aromatic rings. The summed E-state index contributed by atoms with van der Waals surface area (Å²) >= 11 is 6.32. The van der Waals surface area contributed by atoms with Gasteiger partial charge in [0.15, 0.2) is 0 Å². The summed E-state index contributed by atoms with van der Waals surface area (Å²) in [6.07, 6.45) is 6.58. The van der Waals surface area contributed by atoms with Crippen LogP contribution in [0.25, 0.3) is 0 Å². The van der Waals surface area contributed by atoms with Crippen molar-refractivity contribution in [1.82, 2.24) is 0 Å². The molecule has 104 valence electrons. The first-order valence-corrected chi connectivity index (χ1v) is 7.31. The van der Waals surface area contributed by atoms with Crippen LogP contribution in [0.5, 0.6) is 0 Å². The van der Waals surface area contributed by atoms with E-state index in [9.17, 15) is 4.39 Å². The van der Waals surface area contributed by atoms with Gasteiger partial charge in [-0.2, -0.15) is 0 Å². The molecule has 17 heavy (non-hydrogen) atoms. The molecule has 0 amide bonds. The third-order valence-corrected chi connectivity index (χ3v) is 5.44. The van der Waals surface area contributed by atoms with Gasteiger partial charge in [0, 0.05) is 1.43 Å². The van der Waals surface area contributed by atoms with E-state index < -0.39 is 6.17 Å². The maximum atomic E-state index is 13.9. The van der Waals surface area contributed by atoms with Crippen molar-refractivity contribution in [2.45, 2.75) is 63.9 Å². The molecule has 2 aliphatic carbocycles. The lowest BCUT2D eigenvalue weighted by Gasteiger charge is -2.41. The van der Waals surface area contributed by atoms with Gasteiger partial charge in [0.05, 0.1) is 5.38 Å². The van der Waals surface area contributed by atoms with Gasteiger partial charge in [-0.15, -0.1) is 11.6 Å². The summed E-state index contributed by atoms with van der Waals surface area (Å²) in [4.78, 5) is 0. The highest BCUT2D eigenvalue weighted by Crippen LogP contribution is 2.44. The van der Waals surface area contributed by atoms with E-state index in [0.29, 0.717) is 11.8 Å². The second kappa shape index (κ2) is 6.38. The van der Waals surface area contributed by atoms with Crippen molar-refractivity contribution < 1.29 is 11.3 Å². The van der Waals surface area contributed by atoms with Gasteiger partial charge in [-0.05, 0) is 49.4 Å². The summed E-state index contributed by atoms with van der Waals surface area (Å²) in [6.45, 7) is 4.33. The first kappa shape index (κ1) is 15.2. The highest BCUT2D eigenvalue weighted by molar-refractivity contribution is 6.21. The largest absolute Gasteiger partial charge is 0.412 e. The molecule has 2 aliphatic rings. The molecule has 0 spiro atoms. The lowest BCUT2D eigenvalue weighted by Crippen LogP contribution is -2.40. The van der Waals surface area contributed by atoms with E-state index in [0.717, 1.165) is 18.8 Å². The van der Waals surface area contributed by atoms with Crippen molar-refractivity contribution in [2.24, 2.45) is 23.7 Å². The Balaban J connectivity index is 0.00000144. The summed E-state index contributed by atoms with van der Waals surface area (Å²) in [5, 5.41) is -0.220. The van der Waals surface area contributed by atoms with Gasteiger partial charge in [0.1, 0.15) is 6.17 Å². The number of hydrogen-bond donors (Lipinski definition) is 0. The average Bonchev–Trinajstić information content (AvgIpc) is 2.28. The van der Waals surface area contributed by atoms with Crippen molar-refractivity contribution in [3.8, 4) is 0 Å². The second-order valence-electron chi connectivity index (χ2n) is 6.13. The van der Waals surface area contributed by atoms with Crippen LogP contribution >= 0.6 is 11.6 Å². The molecule has 3 heteroatoms. The Bertz CT molecular complexity index is 234. The van der Waals surface area contributed by atoms with Crippen molar-refractivity contribution in [3.63, 3.8) is 0 Å². The molecule has 0 heterocycles. The predicted octanol–water partition coefficient (Wildman–Crippen LogP) is 4.23. The summed E-state index contributed by atoms with van der Waals surface area (Å²) in [5.41, 5.74) is 0. The fraction of sp³-hybridized carbons (Fsp3) is 1.00. The van der Waals surface area contributed by atoms with E-state index >= 15 is 0 Å². The minimum atomic E-state index is -0.778. The predicted molar refractivity (Wildman–Crippen MR) is 73.3 cm³/mol. The number of alkyl halides is 2. The van der Waals surface area contributed by atoms with Crippen LogP contribution in [-0.4, -0.2) is 17.0 Å². The van der Waals surface area contributed by atoms with Gasteiger partial charge in [0.25, 0.3) is 0 Å². The first-order chi connectivity index (χ1) is 7.59. The van der Waals surface area contributed by atoms with Crippen LogP contribution in [0.2, 0.25) is 0 Å². The number of hydrogen-bond acceptors (Lipinski definition) is 0. The van der Waals surface area contributed by atoms with E-state index in [2.05, 4.69) is 6.92 Å². The Hall–Kier alpha value is 0.180. The van der Waals surface area contributed by atoms with E-state index in [-0.39, 0.29) is 18.2 Å². The Kier molecular flexibility index (Phi) is 5.72. The summed E-state index contributed by atoms with van der Waals surface area (Å²) in [5.74, 6) is 2.18. The van der Waals surface area contributed by atoms with Gasteiger partial charge >= 0.3 is 0 Å². The smallest absolute Gasteiger partial charge is 0.119 e. The molecule has 2 saturated carbocycles. The van der Waals surface area contributed by atoms with Crippen LogP contribution in [0.15, 0.2) is 0 Å². The molecular formula is C14H28ClFO. The SMILES string of the molecule is CC1CCC(C2CCC(C)C(F)C2Cl)CC1.O.[HH]. The van der Waals surface area contributed by atoms with E-state index in [1.807, 2.05) is 6.92 Å². The molecule has 0 aromatic heterocycles. The van der Waals surface area contributed by atoms with Crippen LogP contribution in [-0.2, 0) is 0 Å². The molecular weight excluding hydrogens is 239 g/mol. The Morgan fingerprint density at radius 3 is 2.18 bits per heavy atom. The fourth-order valence-electron chi connectivity index (χ4n) is 3.53. The van der Waals surface area contributed by atoms with Crippen molar-refractivity contribution >= 4 is 11.6 Å². The molecule has 2 N–H and O–H groups in total. The zero-order chi connectivity index (χ0) is 11.7. The molecule has 2 rings (SSSR count). The molecule has 2 fully saturated rings. The van der Waals surface area contributed by atoms with Crippen LogP contribution < -0.4 is 0 Å². The highest BCUT2D eigenvalue weighted by atomic mass is 35.5. The fourth-order valence-corrected chi connectivity index (χ4v) is 4.11. The quantitative estimate of drug-likeness (QED) is 0.637. The van der Waals surface area contributed by atoms with E-state index in [1.54, 1.807) is 0 Å². The average molecular weight is 267 g/mol. The molecule has 0 saturated heterocycles. The van der Waals surface area contributed by atoms with Gasteiger partial charge in [-0.1, -0.05) is 26.7 Å². The van der Waals surface area contributed by atoms with Gasteiger partial charge < -0.3 is 5.48 Å². The van der Waals surface area contributed by atoms with Crippen molar-refractivity contribution in [1.29, 1.82) is 0 Å². The lowest BCUT2D eigenvalue weighted by molar-refractivity contribution is 0.0906. The highest BCUT2D eigenvalue weighted by Gasteiger charge is 2.40. The Morgan fingerprint density at radius 1 is 1.00 bits per heavy atom. The molecule has 0 aliphatic heterocycles. The van der Waals surface area contributed by atoms with E-state index in [1.165, 1.54) is 25.7 Å². The van der Waals surface area contributed by atoms with Crippen LogP contribution in [0.4, 0.5) is 4.39 Å². The van der Waals surface area contributed by atoms with Gasteiger partial charge in [-0.3, -0.25) is 0 Å². The molecule has 0 radical (unpaired) electrons. The Labute approximate surface area is 111 Å². The summed E-state index contributed by atoms with van der Waals surface area (Å²) in [6, 6.07) is 0. The minimum Gasteiger partial charge on any atom is -0.412 e. The van der Waals surface area contributed by atoms with Crippen molar-refractivity contribution in [2.75, 3.05) is 0 Å². The number of halogens is 2. The standard InChI is InChI=1S/C14H24ClF.H2O.H2/c1-9-3-6-11(7-4-9)12-8-5-10(2)14(16)13(12)15;;/h9-14H,3-8H2,1-2H3;1H2;1H. The summed E-state index contributed by atoms with van der Waals surface area (Å²) in [7, 11) is 0. The van der Waals surface area contributed by atoms with Crippen LogP contribution in [0.3, 0.4) is 0 Å². The zero-order valence-corrected chi connectivity index (χ0v) is 11.7. The minimum absolute atomic E-state index is 0. The summed E-state index contributed by atoms with van der Waals surface area (Å²) < 4.78 is 13.9. The second-order valence-corrected chi connectivity index (χ2v) is 6.63. The normalized spacial score (nSPS) is 47.3. The third-order valence-electron chi connectivity index (χ3n) is 4.88. The number of rotatable bonds is 1. The monoisotopic (exact) mass is 266 g/mol. The molecule has 4 unspecified atom stereocenters. The maximum Gasteiger partial charge on any atom is 0.119 e. The zero-order valence-electron chi connectivity index (χ0n) is 11.0. The van der Waals surface area contributed by atoms with Crippen LogP contribution in [0.1, 0.15) is 53.8 Å². The molecule has 0 bridgehead atoms. The lowest BCUT2D eigenvalue weighted by atomic mass is 9.69. The molecule has 0 aromatic carbocycles. The van der Waals surface area contributed by atoms with E-state index in [4.69, 9.17) is 11.6 Å². The first-order valence-electron chi connectivity index (χ1n) is 6.87. The molecule has 1 nitrogen and oxygen atoms in total. The topological polar surface area (TPSA) is 31.5 Å². The van der Waals surface area contributed by atoms with Crippen LogP contribution in [0, 0.1) is 23.7 Å².